The molecule has 0 atom stereocenters. The van der Waals surface area contributed by atoms with Crippen LogP contribution in [0, 0.1) is 10.8 Å². The smallest absolute Gasteiger partial charge is 0.394 e. The lowest BCUT2D eigenvalue weighted by Crippen LogP contribution is -2.19. The van der Waals surface area contributed by atoms with Crippen LogP contribution in [-0.2, 0) is 39.1 Å². The number of carboxylic acid groups (broad SMARTS) is 2. The average Bonchev–Trinajstić information content (AvgIpc) is 2.64. The molecule has 34 heavy (non-hydrogen) atoms. The fourth-order valence-electron chi connectivity index (χ4n) is 2.04. The van der Waals surface area contributed by atoms with Gasteiger partial charge in [-0.2, -0.15) is 8.42 Å². The summed E-state index contributed by atoms with van der Waals surface area (Å²) < 4.78 is 40.7. The summed E-state index contributed by atoms with van der Waals surface area (Å²) in [6, 6.07) is 0. The molecule has 0 aromatic carbocycles. The molecule has 14 heteroatoms. The number of ether oxygens (including phenoxy) is 2. The van der Waals surface area contributed by atoms with Gasteiger partial charge in [0.15, 0.2) is 0 Å². The first-order valence-corrected chi connectivity index (χ1v) is 10.9. The Balaban J connectivity index is -0.000000128. The lowest BCUT2D eigenvalue weighted by atomic mass is 9.84. The van der Waals surface area contributed by atoms with Gasteiger partial charge in [-0.15, -0.1) is 0 Å². The standard InChI is InChI=1S/C10H18O4.C8H14O4.CH4O.CH4.H2O4S/c1-10(2,7-9(12)14-4)6-5-8(11)13-3;1-8(2,5-7(11)12)4-3-6(9)10;1-2;;1-5(2,3)4/h5-7H2,1-4H3;3-5H2,1-2H3,(H,9,10)(H,11,12);2H,1H3;1H4;(H2,1,2,3,4). The van der Waals surface area contributed by atoms with Crippen LogP contribution in [0.4, 0.5) is 0 Å². The second kappa shape index (κ2) is 21.3. The van der Waals surface area contributed by atoms with Gasteiger partial charge < -0.3 is 24.8 Å². The van der Waals surface area contributed by atoms with E-state index in [1.807, 2.05) is 13.8 Å². The highest BCUT2D eigenvalue weighted by molar-refractivity contribution is 7.79. The Labute approximate surface area is 202 Å². The molecule has 0 rings (SSSR count). The molecule has 0 aromatic rings. The summed E-state index contributed by atoms with van der Waals surface area (Å²) in [6.07, 6.45) is 1.71. The van der Waals surface area contributed by atoms with E-state index in [2.05, 4.69) is 9.47 Å². The number of aliphatic carboxylic acids is 2. The van der Waals surface area contributed by atoms with Gasteiger partial charge in [0, 0.05) is 20.0 Å². The monoisotopic (exact) mass is 522 g/mol. The Hall–Kier alpha value is -2.29. The molecule has 0 unspecified atom stereocenters. The number of carboxylic acids is 2. The minimum atomic E-state index is -4.67. The lowest BCUT2D eigenvalue weighted by Gasteiger charge is -2.22. The molecule has 0 bridgehead atoms. The fraction of sp³-hybridized carbons (Fsp3) is 0.800. The fourth-order valence-corrected chi connectivity index (χ4v) is 2.04. The largest absolute Gasteiger partial charge is 0.481 e. The molecule has 0 saturated carbocycles. The maximum Gasteiger partial charge on any atom is 0.394 e. The van der Waals surface area contributed by atoms with Gasteiger partial charge in [-0.3, -0.25) is 28.3 Å². The van der Waals surface area contributed by atoms with Gasteiger partial charge in [-0.05, 0) is 23.7 Å². The van der Waals surface area contributed by atoms with Crippen LogP contribution in [0.2, 0.25) is 0 Å². The van der Waals surface area contributed by atoms with Crippen molar-refractivity contribution in [2.45, 2.75) is 73.6 Å². The van der Waals surface area contributed by atoms with Crippen molar-refractivity contribution >= 4 is 34.3 Å². The molecule has 0 saturated heterocycles. The van der Waals surface area contributed by atoms with Crippen molar-refractivity contribution in [3.8, 4) is 0 Å². The van der Waals surface area contributed by atoms with E-state index >= 15 is 0 Å². The molecule has 0 aliphatic carbocycles. The van der Waals surface area contributed by atoms with Crippen molar-refractivity contribution in [2.75, 3.05) is 21.3 Å². The van der Waals surface area contributed by atoms with E-state index < -0.39 is 27.8 Å². The van der Waals surface area contributed by atoms with E-state index in [1.165, 1.54) is 14.2 Å². The predicted octanol–water partition coefficient (Wildman–Crippen LogP) is 2.47. The van der Waals surface area contributed by atoms with Gasteiger partial charge in [-0.25, -0.2) is 0 Å². The maximum absolute atomic E-state index is 11.0. The molecule has 0 amide bonds. The Morgan fingerprint density at radius 3 is 1.32 bits per heavy atom. The molecule has 0 spiro atoms. The zero-order valence-electron chi connectivity index (χ0n) is 20.2. The number of carbonyl (C=O) groups is 4. The number of rotatable bonds is 10. The molecule has 0 aliphatic rings. The van der Waals surface area contributed by atoms with Crippen molar-refractivity contribution < 1.29 is 61.5 Å². The number of esters is 2. The maximum atomic E-state index is 11.0. The normalized spacial score (nSPS) is 10.3. The molecule has 0 aromatic heterocycles. The predicted molar refractivity (Wildman–Crippen MR) is 124 cm³/mol. The SMILES string of the molecule is C.CC(C)(CCC(=O)O)CC(=O)O.CO.COC(=O)CCC(C)(C)CC(=O)OC.O=S(=O)(O)O. The summed E-state index contributed by atoms with van der Waals surface area (Å²) >= 11 is 0. The van der Waals surface area contributed by atoms with Gasteiger partial charge >= 0.3 is 34.3 Å². The zero-order chi connectivity index (χ0) is 27.5. The summed E-state index contributed by atoms with van der Waals surface area (Å²) in [4.78, 5) is 42.4. The van der Waals surface area contributed by atoms with Crippen LogP contribution in [0.1, 0.15) is 73.6 Å². The zero-order valence-corrected chi connectivity index (χ0v) is 21.0. The number of methoxy groups -OCH3 is 2. The quantitative estimate of drug-likeness (QED) is 0.206. The first-order chi connectivity index (χ1) is 14.7. The first kappa shape index (κ1) is 41.9. The van der Waals surface area contributed by atoms with E-state index in [-0.39, 0.29) is 37.6 Å². The summed E-state index contributed by atoms with van der Waals surface area (Å²) in [5.74, 6) is -2.26. The number of carbonyl (C=O) groups excluding carboxylic acids is 2. The van der Waals surface area contributed by atoms with Gasteiger partial charge in [0.25, 0.3) is 0 Å². The van der Waals surface area contributed by atoms with E-state index in [0.717, 1.165) is 7.11 Å². The summed E-state index contributed by atoms with van der Waals surface area (Å²) in [5, 5.41) is 23.8. The van der Waals surface area contributed by atoms with Crippen LogP contribution in [0.3, 0.4) is 0 Å². The molecule has 0 fully saturated rings. The number of hydrogen-bond donors (Lipinski definition) is 5. The van der Waals surface area contributed by atoms with E-state index in [0.29, 0.717) is 25.7 Å². The summed E-state index contributed by atoms with van der Waals surface area (Å²) in [7, 11) is -0.950. The second-order valence-electron chi connectivity index (χ2n) is 8.07. The third kappa shape index (κ3) is 43.6. The molecule has 0 aliphatic heterocycles. The topological polar surface area (TPSA) is 222 Å². The third-order valence-corrected chi connectivity index (χ3v) is 3.73. The Kier molecular flexibility index (Phi) is 26.2. The minimum Gasteiger partial charge on any atom is -0.481 e. The van der Waals surface area contributed by atoms with Gasteiger partial charge in [0.1, 0.15) is 0 Å². The van der Waals surface area contributed by atoms with Crippen LogP contribution >= 0.6 is 0 Å². The van der Waals surface area contributed by atoms with Crippen LogP contribution in [0.25, 0.3) is 0 Å². The second-order valence-corrected chi connectivity index (χ2v) is 8.97. The van der Waals surface area contributed by atoms with Crippen molar-refractivity contribution in [2.24, 2.45) is 10.8 Å². The van der Waals surface area contributed by atoms with Crippen LogP contribution in [0.5, 0.6) is 0 Å². The van der Waals surface area contributed by atoms with Gasteiger partial charge in [-0.1, -0.05) is 35.1 Å². The van der Waals surface area contributed by atoms with E-state index in [1.54, 1.807) is 13.8 Å². The minimum absolute atomic E-state index is 0. The average molecular weight is 523 g/mol. The summed E-state index contributed by atoms with van der Waals surface area (Å²) in [6.45, 7) is 7.36. The van der Waals surface area contributed by atoms with Crippen molar-refractivity contribution in [3.63, 3.8) is 0 Å². The Morgan fingerprint density at radius 1 is 0.706 bits per heavy atom. The molecular weight excluding hydrogens is 480 g/mol. The molecule has 5 N–H and O–H groups in total. The van der Waals surface area contributed by atoms with Crippen molar-refractivity contribution in [1.29, 1.82) is 0 Å². The van der Waals surface area contributed by atoms with Gasteiger partial charge in [0.05, 0.1) is 27.1 Å². The van der Waals surface area contributed by atoms with E-state index in [9.17, 15) is 19.2 Å². The Bertz CT molecular complexity index is 675. The highest BCUT2D eigenvalue weighted by Crippen LogP contribution is 2.27. The molecule has 0 heterocycles. The highest BCUT2D eigenvalue weighted by Gasteiger charge is 2.24. The van der Waals surface area contributed by atoms with Crippen LogP contribution in [-0.4, -0.2) is 78.0 Å². The highest BCUT2D eigenvalue weighted by atomic mass is 32.3. The summed E-state index contributed by atoms with van der Waals surface area (Å²) in [5.41, 5.74) is -0.647. The molecule has 0 radical (unpaired) electrons. The molecule has 13 nitrogen and oxygen atoms in total. The third-order valence-electron chi connectivity index (χ3n) is 3.73. The Morgan fingerprint density at radius 2 is 1.03 bits per heavy atom. The number of aliphatic hydroxyl groups is 1. The van der Waals surface area contributed by atoms with Crippen LogP contribution in [0.15, 0.2) is 0 Å². The molecular formula is C20H42O13S. The van der Waals surface area contributed by atoms with Gasteiger partial charge in [0.2, 0.25) is 0 Å². The van der Waals surface area contributed by atoms with Crippen molar-refractivity contribution in [3.05, 3.63) is 0 Å². The van der Waals surface area contributed by atoms with Crippen LogP contribution < -0.4 is 0 Å². The first-order valence-electron chi connectivity index (χ1n) is 9.46. The van der Waals surface area contributed by atoms with Crippen molar-refractivity contribution in [1.82, 2.24) is 0 Å². The van der Waals surface area contributed by atoms with E-state index in [4.69, 9.17) is 32.8 Å². The number of aliphatic hydroxyl groups excluding tert-OH is 1. The number of hydrogen-bond acceptors (Lipinski definition) is 9. The lowest BCUT2D eigenvalue weighted by molar-refractivity contribution is -0.145. The molecule has 206 valence electrons.